The third-order valence-electron chi connectivity index (χ3n) is 3.64. The normalized spacial score (nSPS) is 11.6. The maximum absolute atomic E-state index is 12.2. The van der Waals surface area contributed by atoms with Gasteiger partial charge < -0.3 is 10.1 Å². The van der Waals surface area contributed by atoms with Gasteiger partial charge in [0.15, 0.2) is 0 Å². The molecule has 1 atom stereocenters. The molecule has 0 aliphatic carbocycles. The maximum atomic E-state index is 12.2. The first kappa shape index (κ1) is 20.6. The number of nitrogens with zero attached hydrogens (tertiary/aromatic N) is 2. The van der Waals surface area contributed by atoms with E-state index in [1.165, 1.54) is 24.4 Å². The lowest BCUT2D eigenvalue weighted by Gasteiger charge is -2.18. The molecule has 0 spiro atoms. The van der Waals surface area contributed by atoms with Gasteiger partial charge in [-0.05, 0) is 12.5 Å². The third-order valence-corrected chi connectivity index (χ3v) is 3.64. The van der Waals surface area contributed by atoms with Crippen molar-refractivity contribution in [2.24, 2.45) is 5.10 Å². The van der Waals surface area contributed by atoms with Crippen LogP contribution in [-0.2, 0) is 9.53 Å². The number of alkyl carbamates (subject to hydrolysis) is 1. The SMILES string of the molecule is CCOC(=O)N[C@H](CC(=O)N/N=C\c1cccc([N+](=O)[O-])c1)c1ccccc1. The minimum absolute atomic E-state index is 0.0604. The van der Waals surface area contributed by atoms with Crippen molar-refractivity contribution >= 4 is 23.9 Å². The van der Waals surface area contributed by atoms with Crippen LogP contribution in [0.2, 0.25) is 0 Å². The van der Waals surface area contributed by atoms with Crippen LogP contribution in [0.1, 0.15) is 30.5 Å². The van der Waals surface area contributed by atoms with Gasteiger partial charge in [0.1, 0.15) is 0 Å². The van der Waals surface area contributed by atoms with E-state index in [1.54, 1.807) is 37.3 Å². The molecular formula is C19H20N4O5. The first-order valence-corrected chi connectivity index (χ1v) is 8.54. The van der Waals surface area contributed by atoms with Crippen LogP contribution in [-0.4, -0.2) is 29.7 Å². The molecule has 9 heteroatoms. The molecule has 0 saturated heterocycles. The molecule has 146 valence electrons. The zero-order valence-electron chi connectivity index (χ0n) is 15.2. The summed E-state index contributed by atoms with van der Waals surface area (Å²) >= 11 is 0. The molecular weight excluding hydrogens is 364 g/mol. The van der Waals surface area contributed by atoms with Crippen molar-refractivity contribution in [1.29, 1.82) is 0 Å². The largest absolute Gasteiger partial charge is 0.450 e. The Morgan fingerprint density at radius 3 is 2.64 bits per heavy atom. The van der Waals surface area contributed by atoms with Gasteiger partial charge >= 0.3 is 6.09 Å². The smallest absolute Gasteiger partial charge is 0.407 e. The van der Waals surface area contributed by atoms with Gasteiger partial charge in [0.05, 0.1) is 30.2 Å². The maximum Gasteiger partial charge on any atom is 0.407 e. The number of non-ortho nitro benzene ring substituents is 1. The quantitative estimate of drug-likeness (QED) is 0.411. The zero-order chi connectivity index (χ0) is 20.4. The lowest BCUT2D eigenvalue weighted by atomic mass is 10.0. The van der Waals surface area contributed by atoms with E-state index in [-0.39, 0.29) is 18.7 Å². The number of amides is 2. The molecule has 9 nitrogen and oxygen atoms in total. The Labute approximate surface area is 161 Å². The van der Waals surface area contributed by atoms with Crippen molar-refractivity contribution < 1.29 is 19.2 Å². The summed E-state index contributed by atoms with van der Waals surface area (Å²) in [6.07, 6.45) is 0.625. The van der Waals surface area contributed by atoms with Gasteiger partial charge in [-0.1, -0.05) is 42.5 Å². The molecule has 0 saturated carbocycles. The number of carbonyl (C=O) groups excluding carboxylic acids is 2. The Kier molecular flexibility index (Phi) is 7.64. The number of hydrogen-bond donors (Lipinski definition) is 2. The monoisotopic (exact) mass is 384 g/mol. The van der Waals surface area contributed by atoms with Crippen molar-refractivity contribution in [3.05, 3.63) is 75.8 Å². The highest BCUT2D eigenvalue weighted by Crippen LogP contribution is 2.17. The molecule has 28 heavy (non-hydrogen) atoms. The highest BCUT2D eigenvalue weighted by atomic mass is 16.6. The molecule has 0 aliphatic heterocycles. The van der Waals surface area contributed by atoms with Crippen molar-refractivity contribution in [2.45, 2.75) is 19.4 Å². The van der Waals surface area contributed by atoms with Crippen molar-refractivity contribution in [2.75, 3.05) is 6.61 Å². The number of ether oxygens (including phenoxy) is 1. The molecule has 2 aromatic rings. The summed E-state index contributed by atoms with van der Waals surface area (Å²) in [5, 5.41) is 17.2. The number of nitro groups is 1. The van der Waals surface area contributed by atoms with Crippen LogP contribution in [0.25, 0.3) is 0 Å². The predicted molar refractivity (Wildman–Crippen MR) is 103 cm³/mol. The Hall–Kier alpha value is -3.75. The van der Waals surface area contributed by atoms with Crippen LogP contribution < -0.4 is 10.7 Å². The van der Waals surface area contributed by atoms with Gasteiger partial charge in [-0.25, -0.2) is 10.2 Å². The predicted octanol–water partition coefficient (Wildman–Crippen LogP) is 2.92. The molecule has 0 bridgehead atoms. The zero-order valence-corrected chi connectivity index (χ0v) is 15.2. The second kappa shape index (κ2) is 10.4. The Balaban J connectivity index is 2.00. The molecule has 2 amide bonds. The minimum atomic E-state index is -0.621. The van der Waals surface area contributed by atoms with E-state index in [4.69, 9.17) is 4.74 Å². The first-order valence-electron chi connectivity index (χ1n) is 8.54. The lowest BCUT2D eigenvalue weighted by molar-refractivity contribution is -0.384. The summed E-state index contributed by atoms with van der Waals surface area (Å²) in [6, 6.07) is 14.3. The summed E-state index contributed by atoms with van der Waals surface area (Å²) in [4.78, 5) is 34.2. The molecule has 2 aromatic carbocycles. The van der Waals surface area contributed by atoms with Gasteiger partial charge in [-0.3, -0.25) is 14.9 Å². The van der Waals surface area contributed by atoms with Gasteiger partial charge in [0, 0.05) is 17.7 Å². The summed E-state index contributed by atoms with van der Waals surface area (Å²) in [5.74, 6) is -0.438. The van der Waals surface area contributed by atoms with Crippen molar-refractivity contribution in [3.63, 3.8) is 0 Å². The number of hydrogen-bond acceptors (Lipinski definition) is 6. The number of benzene rings is 2. The van der Waals surface area contributed by atoms with Crippen LogP contribution >= 0.6 is 0 Å². The van der Waals surface area contributed by atoms with E-state index < -0.39 is 23.0 Å². The Morgan fingerprint density at radius 1 is 1.21 bits per heavy atom. The van der Waals surface area contributed by atoms with Crippen LogP contribution in [0.4, 0.5) is 10.5 Å². The summed E-state index contributed by atoms with van der Waals surface area (Å²) in [6.45, 7) is 1.90. The van der Waals surface area contributed by atoms with E-state index in [1.807, 2.05) is 6.07 Å². The second-order valence-electron chi connectivity index (χ2n) is 5.68. The fourth-order valence-electron chi connectivity index (χ4n) is 2.38. The summed E-state index contributed by atoms with van der Waals surface area (Å²) in [7, 11) is 0. The topological polar surface area (TPSA) is 123 Å². The second-order valence-corrected chi connectivity index (χ2v) is 5.68. The van der Waals surface area contributed by atoms with Crippen LogP contribution in [0.5, 0.6) is 0 Å². The number of hydrazone groups is 1. The summed E-state index contributed by atoms with van der Waals surface area (Å²) in [5.41, 5.74) is 3.50. The Bertz CT molecular complexity index is 854. The van der Waals surface area contributed by atoms with E-state index in [2.05, 4.69) is 15.8 Å². The minimum Gasteiger partial charge on any atom is -0.450 e. The van der Waals surface area contributed by atoms with Gasteiger partial charge in [-0.2, -0.15) is 5.10 Å². The molecule has 0 aromatic heterocycles. The Morgan fingerprint density at radius 2 is 1.96 bits per heavy atom. The average Bonchev–Trinajstić information content (AvgIpc) is 2.68. The van der Waals surface area contributed by atoms with Crippen LogP contribution in [0, 0.1) is 10.1 Å². The molecule has 0 heterocycles. The molecule has 0 fully saturated rings. The standard InChI is InChI=1S/C19H20N4O5/c1-2-28-19(25)21-17(15-8-4-3-5-9-15)12-18(24)22-20-13-14-7-6-10-16(11-14)23(26)27/h3-11,13,17H,2,12H2,1H3,(H,21,25)(H,22,24)/b20-13-/t17-/m1/s1. The number of rotatable bonds is 8. The highest BCUT2D eigenvalue weighted by molar-refractivity contribution is 5.83. The van der Waals surface area contributed by atoms with E-state index >= 15 is 0 Å². The first-order chi connectivity index (χ1) is 13.5. The number of nitrogens with one attached hydrogen (secondary N) is 2. The van der Waals surface area contributed by atoms with Crippen LogP contribution in [0.3, 0.4) is 0 Å². The van der Waals surface area contributed by atoms with E-state index in [0.29, 0.717) is 5.56 Å². The van der Waals surface area contributed by atoms with Crippen molar-refractivity contribution in [1.82, 2.24) is 10.7 Å². The number of nitro benzene ring substituents is 1. The third kappa shape index (κ3) is 6.52. The van der Waals surface area contributed by atoms with Gasteiger partial charge in [0.25, 0.3) is 5.69 Å². The van der Waals surface area contributed by atoms with Crippen LogP contribution in [0.15, 0.2) is 59.7 Å². The average molecular weight is 384 g/mol. The lowest BCUT2D eigenvalue weighted by Crippen LogP contribution is -2.33. The van der Waals surface area contributed by atoms with E-state index in [9.17, 15) is 19.7 Å². The van der Waals surface area contributed by atoms with Gasteiger partial charge in [0.2, 0.25) is 5.91 Å². The molecule has 2 N–H and O–H groups in total. The fourth-order valence-corrected chi connectivity index (χ4v) is 2.38. The molecule has 0 aliphatic rings. The highest BCUT2D eigenvalue weighted by Gasteiger charge is 2.18. The van der Waals surface area contributed by atoms with Gasteiger partial charge in [-0.15, -0.1) is 0 Å². The molecule has 0 unspecified atom stereocenters. The molecule has 2 rings (SSSR count). The van der Waals surface area contributed by atoms with E-state index in [0.717, 1.165) is 5.56 Å². The summed E-state index contributed by atoms with van der Waals surface area (Å²) < 4.78 is 4.88. The van der Waals surface area contributed by atoms with Crippen molar-refractivity contribution in [3.8, 4) is 0 Å². The number of carbonyl (C=O) groups is 2. The molecule has 0 radical (unpaired) electrons. The fraction of sp³-hybridized carbons (Fsp3) is 0.211.